The van der Waals surface area contributed by atoms with Gasteiger partial charge in [0.25, 0.3) is 0 Å². The molecular weight excluding hydrogens is 291 g/mol. The molecule has 18 heavy (non-hydrogen) atoms. The van der Waals surface area contributed by atoms with E-state index >= 15 is 0 Å². The van der Waals surface area contributed by atoms with Crippen LogP contribution in [0.2, 0.25) is 5.02 Å². The van der Waals surface area contributed by atoms with Gasteiger partial charge in [-0.15, -0.1) is 0 Å². The summed E-state index contributed by atoms with van der Waals surface area (Å²) in [6.45, 7) is 4.04. The van der Waals surface area contributed by atoms with Crippen LogP contribution in [0.15, 0.2) is 30.3 Å². The maximum Gasteiger partial charge on any atom is 0.225 e. The maximum absolute atomic E-state index is 11.3. The van der Waals surface area contributed by atoms with Gasteiger partial charge in [0.2, 0.25) is 5.24 Å². The molecule has 1 nitrogen and oxygen atoms in total. The van der Waals surface area contributed by atoms with Crippen molar-refractivity contribution in [3.63, 3.8) is 0 Å². The molecular formula is C14H13Cl3O. The van der Waals surface area contributed by atoms with Crippen LogP contribution in [0.25, 0.3) is 5.03 Å². The van der Waals surface area contributed by atoms with Gasteiger partial charge in [-0.05, 0) is 40.6 Å². The van der Waals surface area contributed by atoms with E-state index in [9.17, 15) is 4.79 Å². The summed E-state index contributed by atoms with van der Waals surface area (Å²) < 4.78 is 0. The molecule has 0 aliphatic heterocycles. The Hall–Kier alpha value is -0.500. The standard InChI is InChI=1S/C14H13Cl3O/c1-14(2)10(12(14)13(17)18)7-11(16)8-3-5-9(15)6-4-8/h3-7,10,12H,1-2H3. The second-order valence-electron chi connectivity index (χ2n) is 5.15. The van der Waals surface area contributed by atoms with Crippen LogP contribution in [-0.2, 0) is 4.79 Å². The first-order valence-electron chi connectivity index (χ1n) is 5.66. The number of allylic oxidation sites excluding steroid dienone is 1. The van der Waals surface area contributed by atoms with Crippen LogP contribution in [0.4, 0.5) is 0 Å². The molecule has 0 N–H and O–H groups in total. The van der Waals surface area contributed by atoms with Gasteiger partial charge in [-0.1, -0.05) is 55.3 Å². The number of halogens is 3. The molecule has 1 aromatic carbocycles. The lowest BCUT2D eigenvalue weighted by atomic mass is 10.1. The highest BCUT2D eigenvalue weighted by Crippen LogP contribution is 2.60. The molecule has 0 amide bonds. The predicted molar refractivity (Wildman–Crippen MR) is 76.9 cm³/mol. The number of carbonyl (C=O) groups is 1. The van der Waals surface area contributed by atoms with Crippen LogP contribution in [0, 0.1) is 17.3 Å². The summed E-state index contributed by atoms with van der Waals surface area (Å²) in [6.07, 6.45) is 1.91. The minimum absolute atomic E-state index is 0.102. The lowest BCUT2D eigenvalue weighted by molar-refractivity contribution is -0.113. The van der Waals surface area contributed by atoms with Gasteiger partial charge in [0, 0.05) is 16.0 Å². The molecule has 2 unspecified atom stereocenters. The van der Waals surface area contributed by atoms with E-state index in [0.29, 0.717) is 10.1 Å². The van der Waals surface area contributed by atoms with E-state index in [1.54, 1.807) is 12.1 Å². The minimum Gasteiger partial charge on any atom is -0.281 e. The van der Waals surface area contributed by atoms with Gasteiger partial charge < -0.3 is 0 Å². The van der Waals surface area contributed by atoms with E-state index < -0.39 is 0 Å². The Morgan fingerprint density at radius 1 is 1.22 bits per heavy atom. The topological polar surface area (TPSA) is 17.1 Å². The molecule has 0 radical (unpaired) electrons. The maximum atomic E-state index is 11.3. The van der Waals surface area contributed by atoms with Crippen LogP contribution in [0.1, 0.15) is 19.4 Å². The first kappa shape index (κ1) is 13.9. The average molecular weight is 304 g/mol. The molecule has 96 valence electrons. The summed E-state index contributed by atoms with van der Waals surface area (Å²) >= 11 is 17.7. The van der Waals surface area contributed by atoms with Gasteiger partial charge in [-0.3, -0.25) is 4.79 Å². The molecule has 2 rings (SSSR count). The lowest BCUT2D eigenvalue weighted by Gasteiger charge is -2.01. The summed E-state index contributed by atoms with van der Waals surface area (Å²) in [7, 11) is 0. The van der Waals surface area contributed by atoms with E-state index in [0.717, 1.165) is 5.56 Å². The normalized spacial score (nSPS) is 25.9. The zero-order chi connectivity index (χ0) is 13.5. The summed E-state index contributed by atoms with van der Waals surface area (Å²) in [4.78, 5) is 11.3. The van der Waals surface area contributed by atoms with Crippen molar-refractivity contribution in [2.75, 3.05) is 0 Å². The molecule has 1 aliphatic carbocycles. The van der Waals surface area contributed by atoms with E-state index in [1.165, 1.54) is 0 Å². The zero-order valence-electron chi connectivity index (χ0n) is 10.1. The van der Waals surface area contributed by atoms with Crippen LogP contribution in [-0.4, -0.2) is 5.24 Å². The quantitative estimate of drug-likeness (QED) is 0.721. The van der Waals surface area contributed by atoms with Crippen molar-refractivity contribution in [3.8, 4) is 0 Å². The van der Waals surface area contributed by atoms with Crippen molar-refractivity contribution >= 4 is 45.1 Å². The first-order chi connectivity index (χ1) is 8.34. The third-order valence-corrected chi connectivity index (χ3v) is 4.43. The summed E-state index contributed by atoms with van der Waals surface area (Å²) in [5.74, 6) is -0.0362. The Balaban J connectivity index is 2.20. The highest BCUT2D eigenvalue weighted by molar-refractivity contribution is 6.64. The molecule has 0 aromatic heterocycles. The molecule has 0 saturated heterocycles. The van der Waals surface area contributed by atoms with Crippen molar-refractivity contribution in [1.29, 1.82) is 0 Å². The van der Waals surface area contributed by atoms with Crippen molar-refractivity contribution in [2.45, 2.75) is 13.8 Å². The summed E-state index contributed by atoms with van der Waals surface area (Å²) in [5.41, 5.74) is 0.787. The molecule has 0 heterocycles. The third kappa shape index (κ3) is 2.59. The van der Waals surface area contributed by atoms with Crippen LogP contribution in [0.3, 0.4) is 0 Å². The fraction of sp³-hybridized carbons (Fsp3) is 0.357. The zero-order valence-corrected chi connectivity index (χ0v) is 12.4. The van der Waals surface area contributed by atoms with E-state index in [4.69, 9.17) is 34.8 Å². The van der Waals surface area contributed by atoms with Gasteiger partial charge in [0.1, 0.15) is 0 Å². The molecule has 0 spiro atoms. The van der Waals surface area contributed by atoms with Crippen molar-refractivity contribution in [2.24, 2.45) is 17.3 Å². The summed E-state index contributed by atoms with van der Waals surface area (Å²) in [6, 6.07) is 7.28. The second-order valence-corrected chi connectivity index (χ2v) is 6.37. The van der Waals surface area contributed by atoms with Gasteiger partial charge in [-0.25, -0.2) is 0 Å². The molecule has 1 fully saturated rings. The van der Waals surface area contributed by atoms with Gasteiger partial charge >= 0.3 is 0 Å². The second kappa shape index (κ2) is 4.88. The highest BCUT2D eigenvalue weighted by Gasteiger charge is 2.60. The Labute approximate surface area is 122 Å². The molecule has 2 atom stereocenters. The van der Waals surface area contributed by atoms with Gasteiger partial charge in [0.05, 0.1) is 0 Å². The molecule has 1 aliphatic rings. The largest absolute Gasteiger partial charge is 0.281 e. The van der Waals surface area contributed by atoms with E-state index in [1.807, 2.05) is 32.1 Å². The van der Waals surface area contributed by atoms with Gasteiger partial charge in [-0.2, -0.15) is 0 Å². The fourth-order valence-electron chi connectivity index (χ4n) is 2.29. The molecule has 0 bridgehead atoms. The van der Waals surface area contributed by atoms with Crippen LogP contribution in [0.5, 0.6) is 0 Å². The number of hydrogen-bond acceptors (Lipinski definition) is 1. The van der Waals surface area contributed by atoms with Crippen LogP contribution < -0.4 is 0 Å². The molecule has 1 saturated carbocycles. The van der Waals surface area contributed by atoms with Crippen LogP contribution >= 0.6 is 34.8 Å². The highest BCUT2D eigenvalue weighted by atomic mass is 35.5. The van der Waals surface area contributed by atoms with Crippen molar-refractivity contribution in [3.05, 3.63) is 40.9 Å². The number of benzene rings is 1. The Kier molecular flexibility index (Phi) is 3.77. The Morgan fingerprint density at radius 3 is 2.22 bits per heavy atom. The average Bonchev–Trinajstić information content (AvgIpc) is 2.81. The number of carbonyl (C=O) groups excluding carboxylic acids is 1. The Morgan fingerprint density at radius 2 is 1.78 bits per heavy atom. The van der Waals surface area contributed by atoms with E-state index in [-0.39, 0.29) is 22.5 Å². The number of rotatable bonds is 3. The molecule has 1 aromatic rings. The predicted octanol–water partition coefficient (Wildman–Crippen LogP) is 4.96. The minimum atomic E-state index is -0.290. The SMILES string of the molecule is CC1(C)C(C=C(Cl)c2ccc(Cl)cc2)C1C(=O)Cl. The van der Waals surface area contributed by atoms with Crippen molar-refractivity contribution < 1.29 is 4.79 Å². The first-order valence-corrected chi connectivity index (χ1v) is 6.80. The Bertz CT molecular complexity index is 502. The monoisotopic (exact) mass is 302 g/mol. The van der Waals surface area contributed by atoms with Gasteiger partial charge in [0.15, 0.2) is 0 Å². The third-order valence-electron chi connectivity index (χ3n) is 3.60. The van der Waals surface area contributed by atoms with Crippen molar-refractivity contribution in [1.82, 2.24) is 0 Å². The smallest absolute Gasteiger partial charge is 0.225 e. The lowest BCUT2D eigenvalue weighted by Crippen LogP contribution is -1.96. The summed E-state index contributed by atoms with van der Waals surface area (Å²) in [5, 5.41) is 1.01. The molecule has 4 heteroatoms. The fourth-order valence-corrected chi connectivity index (χ4v) is 3.09. The number of hydrogen-bond donors (Lipinski definition) is 0. The van der Waals surface area contributed by atoms with E-state index in [2.05, 4.69) is 0 Å².